The standard InChI is InChI=1S/C23H21N3O2S2/c27-21-20(14-18-12-7-13-28-18)30-23(26(21)17-10-5-2-6-11-17)25-22-24-19(15-29-22)16-8-3-1-4-9-16/h1,3-4,7-9,12-15,17H,2,5-6,10-11H2/b20-14+,25-23+. The average Bonchev–Trinajstić information content (AvgIpc) is 3.52. The summed E-state index contributed by atoms with van der Waals surface area (Å²) in [7, 11) is 0. The van der Waals surface area contributed by atoms with Crippen molar-refractivity contribution in [3.05, 3.63) is 64.8 Å². The maximum absolute atomic E-state index is 13.3. The van der Waals surface area contributed by atoms with Crippen molar-refractivity contribution < 1.29 is 9.21 Å². The van der Waals surface area contributed by atoms with Gasteiger partial charge in [0.15, 0.2) is 5.17 Å². The minimum absolute atomic E-state index is 0.0156. The number of carbonyl (C=O) groups excluding carboxylic acids is 1. The molecule has 2 aliphatic rings. The maximum atomic E-state index is 13.3. The van der Waals surface area contributed by atoms with Gasteiger partial charge >= 0.3 is 0 Å². The second-order valence-electron chi connectivity index (χ2n) is 7.37. The van der Waals surface area contributed by atoms with Crippen LogP contribution >= 0.6 is 23.1 Å². The van der Waals surface area contributed by atoms with Crippen molar-refractivity contribution in [2.24, 2.45) is 4.99 Å². The van der Waals surface area contributed by atoms with E-state index in [9.17, 15) is 4.79 Å². The number of amides is 1. The molecule has 1 amide bonds. The summed E-state index contributed by atoms with van der Waals surface area (Å²) in [4.78, 5) is 25.3. The van der Waals surface area contributed by atoms with Crippen LogP contribution in [0.2, 0.25) is 0 Å². The van der Waals surface area contributed by atoms with Crippen molar-refractivity contribution in [2.75, 3.05) is 0 Å². The first kappa shape index (κ1) is 19.3. The summed E-state index contributed by atoms with van der Waals surface area (Å²) in [6.45, 7) is 0. The summed E-state index contributed by atoms with van der Waals surface area (Å²) in [5.74, 6) is 0.693. The van der Waals surface area contributed by atoms with E-state index < -0.39 is 0 Å². The lowest BCUT2D eigenvalue weighted by Gasteiger charge is -2.30. The number of rotatable bonds is 4. The van der Waals surface area contributed by atoms with Crippen LogP contribution in [-0.2, 0) is 4.79 Å². The van der Waals surface area contributed by atoms with Gasteiger partial charge in [0.25, 0.3) is 5.91 Å². The van der Waals surface area contributed by atoms with Gasteiger partial charge in [-0.15, -0.1) is 11.3 Å². The van der Waals surface area contributed by atoms with E-state index in [2.05, 4.69) is 0 Å². The van der Waals surface area contributed by atoms with Crippen molar-refractivity contribution in [3.8, 4) is 11.3 Å². The van der Waals surface area contributed by atoms with Crippen LogP contribution in [0.1, 0.15) is 37.9 Å². The van der Waals surface area contributed by atoms with Crippen LogP contribution in [0.3, 0.4) is 0 Å². The van der Waals surface area contributed by atoms with E-state index in [-0.39, 0.29) is 11.9 Å². The largest absolute Gasteiger partial charge is 0.465 e. The van der Waals surface area contributed by atoms with Crippen LogP contribution in [0.15, 0.2) is 68.4 Å². The number of hydrogen-bond acceptors (Lipinski definition) is 6. The Bertz CT molecular complexity index is 1080. The molecular formula is C23H21N3O2S2. The van der Waals surface area contributed by atoms with Crippen molar-refractivity contribution in [3.63, 3.8) is 0 Å². The zero-order valence-corrected chi connectivity index (χ0v) is 18.0. The van der Waals surface area contributed by atoms with Crippen LogP contribution in [0.25, 0.3) is 17.3 Å². The molecule has 1 saturated carbocycles. The fourth-order valence-electron chi connectivity index (χ4n) is 3.87. The Kier molecular flexibility index (Phi) is 5.55. The lowest BCUT2D eigenvalue weighted by atomic mass is 9.94. The Morgan fingerprint density at radius 3 is 2.70 bits per heavy atom. The third kappa shape index (κ3) is 4.00. The smallest absolute Gasteiger partial charge is 0.267 e. The first-order valence-corrected chi connectivity index (χ1v) is 11.8. The highest BCUT2D eigenvalue weighted by atomic mass is 32.2. The molecule has 30 heavy (non-hydrogen) atoms. The van der Waals surface area contributed by atoms with Gasteiger partial charge in [0.05, 0.1) is 16.9 Å². The van der Waals surface area contributed by atoms with Gasteiger partial charge in [0.1, 0.15) is 5.76 Å². The fraction of sp³-hybridized carbons (Fsp3) is 0.261. The first-order chi connectivity index (χ1) is 14.8. The second-order valence-corrected chi connectivity index (χ2v) is 9.21. The minimum Gasteiger partial charge on any atom is -0.465 e. The molecule has 3 heterocycles. The number of benzene rings is 1. The summed E-state index contributed by atoms with van der Waals surface area (Å²) >= 11 is 2.91. The van der Waals surface area contributed by atoms with E-state index in [0.717, 1.165) is 42.1 Å². The summed E-state index contributed by atoms with van der Waals surface area (Å²) in [6, 6.07) is 14.0. The van der Waals surface area contributed by atoms with E-state index in [4.69, 9.17) is 14.4 Å². The van der Waals surface area contributed by atoms with Crippen LogP contribution in [0.5, 0.6) is 0 Å². The number of amidine groups is 1. The third-order valence-electron chi connectivity index (χ3n) is 5.35. The van der Waals surface area contributed by atoms with Gasteiger partial charge in [-0.2, -0.15) is 4.99 Å². The minimum atomic E-state index is 0.0156. The van der Waals surface area contributed by atoms with Crippen molar-refractivity contribution in [2.45, 2.75) is 38.1 Å². The molecule has 2 fully saturated rings. The molecule has 152 valence electrons. The SMILES string of the molecule is O=C1/C(=C\c2ccco2)S/C(=N/c2nc(-c3ccccc3)cs2)N1C1CCCCC1. The number of thiazole rings is 1. The quantitative estimate of drug-likeness (QED) is 0.449. The Balaban J connectivity index is 1.48. The Labute approximate surface area is 183 Å². The molecule has 1 aromatic carbocycles. The number of thioether (sulfide) groups is 1. The Morgan fingerprint density at radius 1 is 1.10 bits per heavy atom. The highest BCUT2D eigenvalue weighted by molar-refractivity contribution is 8.18. The number of aromatic nitrogens is 1. The van der Waals surface area contributed by atoms with E-state index >= 15 is 0 Å². The molecule has 2 aromatic heterocycles. The molecule has 0 unspecified atom stereocenters. The number of nitrogens with zero attached hydrogens (tertiary/aromatic N) is 3. The van der Waals surface area contributed by atoms with Gasteiger partial charge in [-0.1, -0.05) is 49.6 Å². The molecule has 1 aliphatic heterocycles. The molecule has 0 spiro atoms. The van der Waals surface area contributed by atoms with Crippen LogP contribution < -0.4 is 0 Å². The van der Waals surface area contributed by atoms with Gasteiger partial charge in [-0.3, -0.25) is 9.69 Å². The normalized spacial score (nSPS) is 20.5. The molecule has 1 saturated heterocycles. The third-order valence-corrected chi connectivity index (χ3v) is 7.06. The van der Waals surface area contributed by atoms with Crippen LogP contribution in [-0.4, -0.2) is 27.0 Å². The van der Waals surface area contributed by atoms with Gasteiger partial charge in [0, 0.05) is 23.1 Å². The molecule has 5 nitrogen and oxygen atoms in total. The zero-order valence-electron chi connectivity index (χ0n) is 16.4. The van der Waals surface area contributed by atoms with E-state index in [1.165, 1.54) is 29.5 Å². The van der Waals surface area contributed by atoms with E-state index in [1.54, 1.807) is 6.26 Å². The lowest BCUT2D eigenvalue weighted by molar-refractivity contribution is -0.124. The summed E-state index contributed by atoms with van der Waals surface area (Å²) in [6.07, 6.45) is 9.00. The summed E-state index contributed by atoms with van der Waals surface area (Å²) < 4.78 is 5.42. The summed E-state index contributed by atoms with van der Waals surface area (Å²) in [5, 5.41) is 3.41. The predicted octanol–water partition coefficient (Wildman–Crippen LogP) is 6.34. The van der Waals surface area contributed by atoms with Gasteiger partial charge in [-0.05, 0) is 36.7 Å². The Hall–Kier alpha value is -2.64. The molecule has 0 N–H and O–H groups in total. The molecule has 3 aromatic rings. The monoisotopic (exact) mass is 435 g/mol. The van der Waals surface area contributed by atoms with Crippen LogP contribution in [0, 0.1) is 0 Å². The molecule has 0 atom stereocenters. The predicted molar refractivity (Wildman–Crippen MR) is 123 cm³/mol. The zero-order chi connectivity index (χ0) is 20.3. The Morgan fingerprint density at radius 2 is 1.93 bits per heavy atom. The number of aliphatic imine (C=N–C) groups is 1. The molecule has 0 bridgehead atoms. The van der Waals surface area contributed by atoms with Crippen molar-refractivity contribution in [1.82, 2.24) is 9.88 Å². The van der Waals surface area contributed by atoms with Gasteiger partial charge in [-0.25, -0.2) is 4.98 Å². The van der Waals surface area contributed by atoms with E-state index in [0.29, 0.717) is 15.8 Å². The topological polar surface area (TPSA) is 58.7 Å². The van der Waals surface area contributed by atoms with Gasteiger partial charge in [0.2, 0.25) is 5.13 Å². The highest BCUT2D eigenvalue weighted by Crippen LogP contribution is 2.39. The summed E-state index contributed by atoms with van der Waals surface area (Å²) in [5.41, 5.74) is 1.97. The fourth-order valence-corrected chi connectivity index (χ4v) is 5.64. The first-order valence-electron chi connectivity index (χ1n) is 10.1. The molecular weight excluding hydrogens is 414 g/mol. The van der Waals surface area contributed by atoms with Crippen molar-refractivity contribution in [1.29, 1.82) is 0 Å². The average molecular weight is 436 g/mol. The molecule has 1 aliphatic carbocycles. The second kappa shape index (κ2) is 8.62. The molecule has 0 radical (unpaired) electrons. The maximum Gasteiger partial charge on any atom is 0.267 e. The number of furan rings is 1. The lowest BCUT2D eigenvalue weighted by Crippen LogP contribution is -2.40. The van der Waals surface area contributed by atoms with Crippen LogP contribution in [0.4, 0.5) is 5.13 Å². The van der Waals surface area contributed by atoms with Crippen molar-refractivity contribution >= 4 is 45.4 Å². The number of hydrogen-bond donors (Lipinski definition) is 0. The molecule has 7 heteroatoms. The van der Waals surface area contributed by atoms with E-state index in [1.807, 2.05) is 58.8 Å². The number of carbonyl (C=O) groups is 1. The molecule has 5 rings (SSSR count). The van der Waals surface area contributed by atoms with Gasteiger partial charge < -0.3 is 4.42 Å². The highest BCUT2D eigenvalue weighted by Gasteiger charge is 2.39.